The van der Waals surface area contributed by atoms with E-state index in [0.29, 0.717) is 12.8 Å². The zero-order valence-corrected chi connectivity index (χ0v) is 38.0. The van der Waals surface area contributed by atoms with Gasteiger partial charge in [-0.15, -0.1) is 0 Å². The normalized spacial score (nSPS) is 13.4. The smallest absolute Gasteiger partial charge is 0.462 e. The maximum atomic E-state index is 12.6. The van der Waals surface area contributed by atoms with Crippen LogP contribution < -0.4 is 5.73 Å². The Balaban J connectivity index is 4.06. The summed E-state index contributed by atoms with van der Waals surface area (Å²) in [6, 6.07) is 0. The van der Waals surface area contributed by atoms with E-state index in [2.05, 4.69) is 38.2 Å². The molecule has 1 unspecified atom stereocenters. The van der Waals surface area contributed by atoms with Gasteiger partial charge in [-0.2, -0.15) is 0 Å². The van der Waals surface area contributed by atoms with Crippen LogP contribution in [-0.2, 0) is 32.7 Å². The van der Waals surface area contributed by atoms with Crippen LogP contribution in [0.4, 0.5) is 0 Å². The van der Waals surface area contributed by atoms with Crippen LogP contribution in [-0.4, -0.2) is 49.3 Å². The molecule has 0 saturated heterocycles. The van der Waals surface area contributed by atoms with E-state index in [0.717, 1.165) is 51.4 Å². The van der Waals surface area contributed by atoms with Gasteiger partial charge in [0.1, 0.15) is 6.61 Å². The highest BCUT2D eigenvalue weighted by Gasteiger charge is 2.26. The Morgan fingerprint density at radius 1 is 0.526 bits per heavy atom. The molecule has 0 bridgehead atoms. The van der Waals surface area contributed by atoms with E-state index in [9.17, 15) is 19.0 Å². The molecule has 0 amide bonds. The van der Waals surface area contributed by atoms with Crippen LogP contribution >= 0.6 is 7.82 Å². The van der Waals surface area contributed by atoms with Crippen LogP contribution in [0.3, 0.4) is 0 Å². The number of unbranched alkanes of at least 4 members (excludes halogenated alkanes) is 29. The van der Waals surface area contributed by atoms with Gasteiger partial charge in [0, 0.05) is 19.4 Å². The van der Waals surface area contributed by atoms with E-state index >= 15 is 0 Å². The third-order valence-electron chi connectivity index (χ3n) is 10.4. The highest BCUT2D eigenvalue weighted by atomic mass is 31.2. The first-order valence-corrected chi connectivity index (χ1v) is 25.3. The van der Waals surface area contributed by atoms with Gasteiger partial charge in [0.25, 0.3) is 0 Å². The van der Waals surface area contributed by atoms with Gasteiger partial charge < -0.3 is 20.1 Å². The first kappa shape index (κ1) is 55.5. The number of phosphoric ester groups is 1. The minimum Gasteiger partial charge on any atom is -0.462 e. The zero-order valence-electron chi connectivity index (χ0n) is 37.1. The Kier molecular flexibility index (Phi) is 42.9. The molecular weight excluding hydrogens is 737 g/mol. The van der Waals surface area contributed by atoms with E-state index in [-0.39, 0.29) is 32.6 Å². The van der Waals surface area contributed by atoms with Gasteiger partial charge in [-0.1, -0.05) is 205 Å². The zero-order chi connectivity index (χ0) is 41.8. The third-order valence-corrected chi connectivity index (χ3v) is 11.4. The summed E-state index contributed by atoms with van der Waals surface area (Å²) >= 11 is 0. The lowest BCUT2D eigenvalue weighted by Gasteiger charge is -2.19. The summed E-state index contributed by atoms with van der Waals surface area (Å²) in [5.74, 6) is -0.835. The minimum absolute atomic E-state index is 0.0530. The molecule has 0 aliphatic heterocycles. The van der Waals surface area contributed by atoms with Crippen molar-refractivity contribution in [3.63, 3.8) is 0 Å². The van der Waals surface area contributed by atoms with E-state index < -0.39 is 32.5 Å². The third kappa shape index (κ3) is 43.9. The van der Waals surface area contributed by atoms with Gasteiger partial charge >= 0.3 is 19.8 Å². The molecule has 0 aromatic heterocycles. The predicted octanol–water partition coefficient (Wildman–Crippen LogP) is 13.9. The summed E-state index contributed by atoms with van der Waals surface area (Å²) in [7, 11) is -4.38. The minimum atomic E-state index is -4.38. The monoisotopic (exact) mass is 828 g/mol. The highest BCUT2D eigenvalue weighted by molar-refractivity contribution is 7.47. The summed E-state index contributed by atoms with van der Waals surface area (Å²) < 4.78 is 32.8. The van der Waals surface area contributed by atoms with Crippen LogP contribution in [0.1, 0.15) is 232 Å². The van der Waals surface area contributed by atoms with E-state index in [4.69, 9.17) is 24.3 Å². The topological polar surface area (TPSA) is 134 Å². The van der Waals surface area contributed by atoms with Crippen molar-refractivity contribution in [3.8, 4) is 0 Å². The number of esters is 2. The predicted molar refractivity (Wildman–Crippen MR) is 238 cm³/mol. The van der Waals surface area contributed by atoms with E-state index in [1.165, 1.54) is 141 Å². The van der Waals surface area contributed by atoms with Crippen molar-refractivity contribution in [2.24, 2.45) is 5.73 Å². The molecule has 0 aromatic rings. The van der Waals surface area contributed by atoms with Gasteiger partial charge in [0.05, 0.1) is 13.2 Å². The molecular formula is C47H90NO8P. The molecule has 0 aromatic carbocycles. The maximum Gasteiger partial charge on any atom is 0.472 e. The van der Waals surface area contributed by atoms with E-state index in [1.54, 1.807) is 0 Å². The summed E-state index contributed by atoms with van der Waals surface area (Å²) in [6.07, 6.45) is 47.8. The average molecular weight is 828 g/mol. The molecule has 3 N–H and O–H groups in total. The molecule has 0 radical (unpaired) electrons. The number of rotatable bonds is 45. The van der Waals surface area contributed by atoms with Gasteiger partial charge in [-0.3, -0.25) is 18.6 Å². The number of hydrogen-bond donors (Lipinski definition) is 2. The molecule has 0 saturated carbocycles. The molecule has 57 heavy (non-hydrogen) atoms. The molecule has 0 rings (SSSR count). The molecule has 0 aliphatic rings. The summed E-state index contributed by atoms with van der Waals surface area (Å²) in [5, 5.41) is 0. The Labute approximate surface area is 351 Å². The second-order valence-corrected chi connectivity index (χ2v) is 17.5. The number of carbonyl (C=O) groups excluding carboxylic acids is 2. The number of allylic oxidation sites excluding steroid dienone is 4. The fourth-order valence-corrected chi connectivity index (χ4v) is 7.57. The number of hydrogen-bond acceptors (Lipinski definition) is 8. The number of ether oxygens (including phenoxy) is 2. The van der Waals surface area contributed by atoms with Crippen molar-refractivity contribution in [1.82, 2.24) is 0 Å². The Morgan fingerprint density at radius 2 is 0.895 bits per heavy atom. The number of carbonyl (C=O) groups is 2. The first-order valence-electron chi connectivity index (χ1n) is 23.8. The van der Waals surface area contributed by atoms with Crippen molar-refractivity contribution in [2.75, 3.05) is 26.4 Å². The Hall–Kier alpha value is -1.51. The van der Waals surface area contributed by atoms with Crippen molar-refractivity contribution in [3.05, 3.63) is 24.3 Å². The fourth-order valence-electron chi connectivity index (χ4n) is 6.80. The number of nitrogens with two attached hydrogens (primary N) is 1. The molecule has 2 atom stereocenters. The van der Waals surface area contributed by atoms with Crippen LogP contribution in [0.15, 0.2) is 24.3 Å². The van der Waals surface area contributed by atoms with Gasteiger partial charge in [-0.05, 0) is 38.5 Å². The van der Waals surface area contributed by atoms with Gasteiger partial charge in [0.15, 0.2) is 6.10 Å². The molecule has 0 heterocycles. The van der Waals surface area contributed by atoms with Crippen molar-refractivity contribution >= 4 is 19.8 Å². The van der Waals surface area contributed by atoms with Crippen molar-refractivity contribution in [2.45, 2.75) is 238 Å². The van der Waals surface area contributed by atoms with Crippen LogP contribution in [0, 0.1) is 0 Å². The highest BCUT2D eigenvalue weighted by Crippen LogP contribution is 2.43. The fraction of sp³-hybridized carbons (Fsp3) is 0.872. The molecule has 9 nitrogen and oxygen atoms in total. The summed E-state index contributed by atoms with van der Waals surface area (Å²) in [4.78, 5) is 34.9. The average Bonchev–Trinajstić information content (AvgIpc) is 3.20. The van der Waals surface area contributed by atoms with Crippen LogP contribution in [0.5, 0.6) is 0 Å². The standard InChI is InChI=1S/C47H90NO8P/c1-3-5-7-9-11-13-15-17-19-20-21-22-23-24-26-28-30-32-34-36-38-40-47(50)56-45(44-55-57(51,52)54-42-41-48)43-53-46(49)39-37-35-33-31-29-27-25-18-16-14-12-10-8-6-4-2/h14,16,18,25,45H,3-13,15,17,19-24,26-44,48H2,1-2H3,(H,51,52)/b16-14+,25-18+/t45-/m1/s1. The second-order valence-electron chi connectivity index (χ2n) is 16.0. The van der Waals surface area contributed by atoms with E-state index in [1.807, 2.05) is 0 Å². The number of phosphoric acid groups is 1. The van der Waals surface area contributed by atoms with Crippen LogP contribution in [0.25, 0.3) is 0 Å². The summed E-state index contributed by atoms with van der Waals surface area (Å²) in [6.45, 7) is 3.73. The molecule has 10 heteroatoms. The SMILES string of the molecule is CCCCCC/C=C/C=C/CCCCCCCC(=O)OC[C@H](COP(=O)(O)OCCN)OC(=O)CCCCCCCCCCCCCCCCCCCCCCC. The van der Waals surface area contributed by atoms with Gasteiger partial charge in [-0.25, -0.2) is 4.57 Å². The lowest BCUT2D eigenvalue weighted by molar-refractivity contribution is -0.161. The lowest BCUT2D eigenvalue weighted by atomic mass is 10.0. The largest absolute Gasteiger partial charge is 0.472 e. The quantitative estimate of drug-likeness (QED) is 0.0266. The van der Waals surface area contributed by atoms with Gasteiger partial charge in [0.2, 0.25) is 0 Å². The molecule has 336 valence electrons. The Morgan fingerprint density at radius 3 is 1.32 bits per heavy atom. The van der Waals surface area contributed by atoms with Crippen molar-refractivity contribution in [1.29, 1.82) is 0 Å². The Bertz CT molecular complexity index is 990. The summed E-state index contributed by atoms with van der Waals surface area (Å²) in [5.41, 5.74) is 5.36. The lowest BCUT2D eigenvalue weighted by Crippen LogP contribution is -2.29. The first-order chi connectivity index (χ1) is 27.8. The molecule has 0 aliphatic carbocycles. The molecule has 0 fully saturated rings. The maximum absolute atomic E-state index is 12.6. The second kappa shape index (κ2) is 44.1. The molecule has 0 spiro atoms. The van der Waals surface area contributed by atoms with Crippen molar-refractivity contribution < 1.29 is 37.6 Å². The van der Waals surface area contributed by atoms with Crippen LogP contribution in [0.2, 0.25) is 0 Å².